The first-order chi connectivity index (χ1) is 9.10. The number of nitrogens with zero attached hydrogens (tertiary/aromatic N) is 3. The van der Waals surface area contributed by atoms with E-state index in [0.717, 1.165) is 24.7 Å². The molecule has 2 heterocycles. The molecule has 0 spiro atoms. The second-order valence-corrected chi connectivity index (χ2v) is 6.07. The van der Waals surface area contributed by atoms with Crippen LogP contribution in [-0.4, -0.2) is 16.5 Å². The van der Waals surface area contributed by atoms with Crippen molar-refractivity contribution in [1.82, 2.24) is 9.97 Å². The maximum atomic E-state index is 6.10. The maximum Gasteiger partial charge on any atom is 0.135 e. The molecule has 2 aromatic rings. The number of thiophene rings is 1. The lowest BCUT2D eigenvalue weighted by Crippen LogP contribution is -2.23. The first kappa shape index (κ1) is 14.3. The Morgan fingerprint density at radius 2 is 2.16 bits per heavy atom. The van der Waals surface area contributed by atoms with Crippen LogP contribution in [0.15, 0.2) is 23.6 Å². The summed E-state index contributed by atoms with van der Waals surface area (Å²) in [5.41, 5.74) is 0. The van der Waals surface area contributed by atoms with Crippen molar-refractivity contribution in [3.63, 3.8) is 0 Å². The van der Waals surface area contributed by atoms with Crippen LogP contribution in [0.25, 0.3) is 0 Å². The Balaban J connectivity index is 2.27. The number of anilines is 1. The summed E-state index contributed by atoms with van der Waals surface area (Å²) >= 11 is 7.86. The second kappa shape index (κ2) is 6.35. The summed E-state index contributed by atoms with van der Waals surface area (Å²) in [5.74, 6) is 1.98. The Bertz CT molecular complexity index is 525. The molecule has 5 heteroatoms. The lowest BCUT2D eigenvalue weighted by atomic mass is 10.2. The molecule has 0 atom stereocenters. The fraction of sp³-hybridized carbons (Fsp3) is 0.429. The second-order valence-electron chi connectivity index (χ2n) is 4.66. The third-order valence-corrected chi connectivity index (χ3v) is 3.90. The minimum absolute atomic E-state index is 0.276. The molecule has 102 valence electrons. The predicted octanol–water partition coefficient (Wildman–Crippen LogP) is 4.34. The maximum absolute atomic E-state index is 6.10. The zero-order valence-electron chi connectivity index (χ0n) is 11.4. The van der Waals surface area contributed by atoms with Crippen molar-refractivity contribution in [2.24, 2.45) is 0 Å². The molecule has 0 fully saturated rings. The van der Waals surface area contributed by atoms with E-state index in [2.05, 4.69) is 53.2 Å². The van der Waals surface area contributed by atoms with E-state index >= 15 is 0 Å². The monoisotopic (exact) mass is 295 g/mol. The molecule has 0 radical (unpaired) electrons. The molecular formula is C14H18ClN3S. The Hall–Kier alpha value is -1.13. The van der Waals surface area contributed by atoms with Crippen LogP contribution in [0.4, 0.5) is 5.82 Å². The van der Waals surface area contributed by atoms with E-state index in [1.54, 1.807) is 11.3 Å². The molecule has 3 nitrogen and oxygen atoms in total. The first-order valence-corrected chi connectivity index (χ1v) is 7.67. The normalized spacial score (nSPS) is 11.0. The highest BCUT2D eigenvalue weighted by Crippen LogP contribution is 2.22. The van der Waals surface area contributed by atoms with Crippen molar-refractivity contribution >= 4 is 28.8 Å². The van der Waals surface area contributed by atoms with Crippen molar-refractivity contribution in [3.8, 4) is 0 Å². The van der Waals surface area contributed by atoms with Crippen molar-refractivity contribution in [2.75, 3.05) is 11.4 Å². The van der Waals surface area contributed by atoms with E-state index in [1.165, 1.54) is 4.88 Å². The highest BCUT2D eigenvalue weighted by Gasteiger charge is 2.12. The summed E-state index contributed by atoms with van der Waals surface area (Å²) in [6.45, 7) is 8.02. The van der Waals surface area contributed by atoms with Crippen LogP contribution in [0.1, 0.15) is 37.4 Å². The summed E-state index contributed by atoms with van der Waals surface area (Å²) in [5, 5.41) is 2.61. The topological polar surface area (TPSA) is 29.0 Å². The molecule has 0 unspecified atom stereocenters. The molecule has 0 aliphatic heterocycles. The fourth-order valence-electron chi connectivity index (χ4n) is 1.79. The van der Waals surface area contributed by atoms with E-state index < -0.39 is 0 Å². The van der Waals surface area contributed by atoms with Gasteiger partial charge in [0.05, 0.1) is 6.54 Å². The highest BCUT2D eigenvalue weighted by molar-refractivity contribution is 7.09. The van der Waals surface area contributed by atoms with Gasteiger partial charge in [0.2, 0.25) is 0 Å². The largest absolute Gasteiger partial charge is 0.352 e. The van der Waals surface area contributed by atoms with E-state index in [-0.39, 0.29) is 5.92 Å². The van der Waals surface area contributed by atoms with E-state index in [1.807, 2.05) is 6.07 Å². The molecule has 2 rings (SSSR count). The average Bonchev–Trinajstić information content (AvgIpc) is 2.88. The number of rotatable bonds is 5. The molecule has 0 saturated carbocycles. The van der Waals surface area contributed by atoms with Gasteiger partial charge in [-0.15, -0.1) is 11.3 Å². The zero-order valence-corrected chi connectivity index (χ0v) is 13.0. The van der Waals surface area contributed by atoms with Gasteiger partial charge >= 0.3 is 0 Å². The van der Waals surface area contributed by atoms with Gasteiger partial charge in [0.25, 0.3) is 0 Å². The van der Waals surface area contributed by atoms with Crippen LogP contribution < -0.4 is 4.90 Å². The molecule has 0 saturated heterocycles. The predicted molar refractivity (Wildman–Crippen MR) is 82.2 cm³/mol. The van der Waals surface area contributed by atoms with E-state index in [9.17, 15) is 0 Å². The number of aromatic nitrogens is 2. The van der Waals surface area contributed by atoms with Crippen molar-refractivity contribution in [1.29, 1.82) is 0 Å². The summed E-state index contributed by atoms with van der Waals surface area (Å²) in [4.78, 5) is 12.4. The van der Waals surface area contributed by atoms with Crippen LogP contribution in [0.5, 0.6) is 0 Å². The molecule has 0 N–H and O–H groups in total. The molecule has 2 aromatic heterocycles. The van der Waals surface area contributed by atoms with E-state index in [4.69, 9.17) is 11.6 Å². The van der Waals surface area contributed by atoms with Crippen LogP contribution >= 0.6 is 22.9 Å². The number of halogens is 1. The standard InChI is InChI=1S/C14H18ClN3S/c1-4-18(9-11-6-5-7-19-11)13-8-12(15)16-14(17-13)10(2)3/h5-8,10H,4,9H2,1-3H3. The van der Waals surface area contributed by atoms with Gasteiger partial charge in [-0.25, -0.2) is 9.97 Å². The SMILES string of the molecule is CCN(Cc1cccs1)c1cc(Cl)nc(C(C)C)n1. The van der Waals surface area contributed by atoms with Gasteiger partial charge in [-0.1, -0.05) is 31.5 Å². The minimum Gasteiger partial charge on any atom is -0.352 e. The lowest BCUT2D eigenvalue weighted by Gasteiger charge is -2.22. The summed E-state index contributed by atoms with van der Waals surface area (Å²) in [7, 11) is 0. The van der Waals surface area contributed by atoms with Crippen molar-refractivity contribution < 1.29 is 0 Å². The number of hydrogen-bond donors (Lipinski definition) is 0. The zero-order chi connectivity index (χ0) is 13.8. The highest BCUT2D eigenvalue weighted by atomic mass is 35.5. The Morgan fingerprint density at radius 3 is 2.74 bits per heavy atom. The van der Waals surface area contributed by atoms with Gasteiger partial charge in [-0.05, 0) is 18.4 Å². The smallest absolute Gasteiger partial charge is 0.135 e. The van der Waals surface area contributed by atoms with Gasteiger partial charge < -0.3 is 4.90 Å². The Labute approximate surface area is 123 Å². The van der Waals surface area contributed by atoms with Gasteiger partial charge in [0, 0.05) is 23.4 Å². The van der Waals surface area contributed by atoms with Crippen LogP contribution in [0, 0.1) is 0 Å². The third-order valence-electron chi connectivity index (χ3n) is 2.85. The van der Waals surface area contributed by atoms with Crippen LogP contribution in [-0.2, 0) is 6.54 Å². The Kier molecular flexibility index (Phi) is 4.77. The third kappa shape index (κ3) is 3.67. The molecule has 0 amide bonds. The van der Waals surface area contributed by atoms with Crippen LogP contribution in [0.2, 0.25) is 5.15 Å². The quantitative estimate of drug-likeness (QED) is 0.768. The van der Waals surface area contributed by atoms with Gasteiger partial charge in [0.15, 0.2) is 0 Å². The fourth-order valence-corrected chi connectivity index (χ4v) is 2.69. The lowest BCUT2D eigenvalue weighted by molar-refractivity contribution is 0.750. The van der Waals surface area contributed by atoms with Crippen LogP contribution in [0.3, 0.4) is 0 Å². The van der Waals surface area contributed by atoms with Gasteiger partial charge in [0.1, 0.15) is 16.8 Å². The minimum atomic E-state index is 0.276. The summed E-state index contributed by atoms with van der Waals surface area (Å²) in [6.07, 6.45) is 0. The van der Waals surface area contributed by atoms with Crippen molar-refractivity contribution in [2.45, 2.75) is 33.2 Å². The van der Waals surface area contributed by atoms with Crippen molar-refractivity contribution in [3.05, 3.63) is 39.4 Å². The van der Waals surface area contributed by atoms with Gasteiger partial charge in [-0.2, -0.15) is 0 Å². The summed E-state index contributed by atoms with van der Waals surface area (Å²) < 4.78 is 0. The molecular weight excluding hydrogens is 278 g/mol. The van der Waals surface area contributed by atoms with E-state index in [0.29, 0.717) is 5.15 Å². The molecule has 0 bridgehead atoms. The Morgan fingerprint density at radius 1 is 1.37 bits per heavy atom. The number of hydrogen-bond acceptors (Lipinski definition) is 4. The molecule has 0 aromatic carbocycles. The molecule has 0 aliphatic carbocycles. The summed E-state index contributed by atoms with van der Waals surface area (Å²) in [6, 6.07) is 6.05. The van der Waals surface area contributed by atoms with Gasteiger partial charge in [-0.3, -0.25) is 0 Å². The first-order valence-electron chi connectivity index (χ1n) is 6.42. The molecule has 0 aliphatic rings. The molecule has 19 heavy (non-hydrogen) atoms. The average molecular weight is 296 g/mol.